The minimum absolute atomic E-state index is 0.110. The van der Waals surface area contributed by atoms with Crippen LogP contribution in [-0.4, -0.2) is 32.3 Å². The highest BCUT2D eigenvalue weighted by Crippen LogP contribution is 2.26. The van der Waals surface area contributed by atoms with Crippen molar-refractivity contribution in [2.24, 2.45) is 7.05 Å². The molecule has 0 spiro atoms. The molecule has 31 heavy (non-hydrogen) atoms. The van der Waals surface area contributed by atoms with E-state index in [1.165, 1.54) is 11.8 Å². The van der Waals surface area contributed by atoms with Gasteiger partial charge < -0.3 is 15.2 Å². The van der Waals surface area contributed by atoms with Crippen molar-refractivity contribution in [3.8, 4) is 0 Å². The van der Waals surface area contributed by atoms with Gasteiger partial charge in [0.2, 0.25) is 5.91 Å². The van der Waals surface area contributed by atoms with Gasteiger partial charge in [-0.1, -0.05) is 53.2 Å². The summed E-state index contributed by atoms with van der Waals surface area (Å²) in [6.07, 6.45) is 0. The van der Waals surface area contributed by atoms with Gasteiger partial charge in [0.05, 0.1) is 22.5 Å². The highest BCUT2D eigenvalue weighted by molar-refractivity contribution is 7.99. The van der Waals surface area contributed by atoms with Crippen molar-refractivity contribution in [2.75, 3.05) is 11.1 Å². The third kappa shape index (κ3) is 5.78. The molecule has 2 amide bonds. The molecule has 0 saturated heterocycles. The summed E-state index contributed by atoms with van der Waals surface area (Å²) < 4.78 is 1.76. The lowest BCUT2D eigenvalue weighted by molar-refractivity contribution is -0.113. The first kappa shape index (κ1) is 23.1. The average Bonchev–Trinajstić information content (AvgIpc) is 3.10. The number of aromatic nitrogens is 3. The molecule has 0 fully saturated rings. The number of nitrogens with zero attached hydrogens (tertiary/aromatic N) is 3. The second-order valence-electron chi connectivity index (χ2n) is 6.87. The van der Waals surface area contributed by atoms with E-state index in [4.69, 9.17) is 23.2 Å². The van der Waals surface area contributed by atoms with E-state index in [1.54, 1.807) is 35.9 Å². The topological polar surface area (TPSA) is 88.9 Å². The normalized spacial score (nSPS) is 11.8. The third-order valence-electron chi connectivity index (χ3n) is 4.53. The maximum atomic E-state index is 12.6. The predicted molar refractivity (Wildman–Crippen MR) is 124 cm³/mol. The van der Waals surface area contributed by atoms with E-state index in [2.05, 4.69) is 20.8 Å². The number of anilines is 1. The van der Waals surface area contributed by atoms with Crippen molar-refractivity contribution >= 4 is 52.5 Å². The van der Waals surface area contributed by atoms with Crippen LogP contribution in [0.25, 0.3) is 0 Å². The number of hydrogen-bond acceptors (Lipinski definition) is 5. The van der Waals surface area contributed by atoms with Crippen LogP contribution in [-0.2, 0) is 11.8 Å². The van der Waals surface area contributed by atoms with Gasteiger partial charge in [-0.05, 0) is 43.7 Å². The van der Waals surface area contributed by atoms with Gasteiger partial charge >= 0.3 is 0 Å². The quantitative estimate of drug-likeness (QED) is 0.483. The molecule has 3 rings (SSSR count). The number of carbonyl (C=O) groups excluding carboxylic acids is 2. The number of rotatable bonds is 7. The Kier molecular flexibility index (Phi) is 7.59. The number of hydrogen-bond donors (Lipinski definition) is 2. The van der Waals surface area contributed by atoms with Gasteiger partial charge in [0, 0.05) is 17.6 Å². The van der Waals surface area contributed by atoms with Crippen molar-refractivity contribution in [3.63, 3.8) is 0 Å². The molecule has 2 aromatic carbocycles. The molecule has 0 aliphatic carbocycles. The summed E-state index contributed by atoms with van der Waals surface area (Å²) in [5.41, 5.74) is 1.96. The zero-order valence-electron chi connectivity index (χ0n) is 17.1. The summed E-state index contributed by atoms with van der Waals surface area (Å²) in [5.74, 6) is 0.265. The first-order valence-electron chi connectivity index (χ1n) is 9.39. The van der Waals surface area contributed by atoms with Gasteiger partial charge in [-0.3, -0.25) is 9.59 Å². The van der Waals surface area contributed by atoms with E-state index >= 15 is 0 Å². The zero-order valence-corrected chi connectivity index (χ0v) is 19.5. The van der Waals surface area contributed by atoms with E-state index in [-0.39, 0.29) is 23.6 Å². The van der Waals surface area contributed by atoms with Crippen molar-refractivity contribution < 1.29 is 9.59 Å². The first-order chi connectivity index (χ1) is 14.8. The molecule has 162 valence electrons. The van der Waals surface area contributed by atoms with Crippen LogP contribution >= 0.6 is 35.0 Å². The SMILES string of the molecule is Cc1ccccc1C(=O)N[C@H](C)c1nnc(SCC(=O)Nc2cc(Cl)ccc2Cl)n1C. The third-order valence-corrected chi connectivity index (χ3v) is 6.11. The summed E-state index contributed by atoms with van der Waals surface area (Å²) in [7, 11) is 1.79. The monoisotopic (exact) mass is 477 g/mol. The van der Waals surface area contributed by atoms with Crippen LogP contribution in [0.5, 0.6) is 0 Å². The van der Waals surface area contributed by atoms with Gasteiger partial charge in [-0.2, -0.15) is 0 Å². The number of nitrogens with one attached hydrogen (secondary N) is 2. The average molecular weight is 478 g/mol. The molecule has 0 radical (unpaired) electrons. The Labute approximate surface area is 194 Å². The Hall–Kier alpha value is -2.55. The minimum atomic E-state index is -0.363. The summed E-state index contributed by atoms with van der Waals surface area (Å²) in [4.78, 5) is 24.8. The highest BCUT2D eigenvalue weighted by atomic mass is 35.5. The van der Waals surface area contributed by atoms with E-state index in [1.807, 2.05) is 32.0 Å². The number of amides is 2. The molecule has 2 N–H and O–H groups in total. The Bertz CT molecular complexity index is 1120. The van der Waals surface area contributed by atoms with E-state index in [0.717, 1.165) is 5.56 Å². The van der Waals surface area contributed by atoms with E-state index in [9.17, 15) is 9.59 Å². The standard InChI is InChI=1S/C21H21Cl2N5O2S/c1-12-6-4-5-7-15(12)20(30)24-13(2)19-26-27-21(28(19)3)31-11-18(29)25-17-10-14(22)8-9-16(17)23/h4-10,13H,11H2,1-3H3,(H,24,30)(H,25,29)/t13-/m1/s1. The molecule has 0 aliphatic heterocycles. The molecular weight excluding hydrogens is 457 g/mol. The fraction of sp³-hybridized carbons (Fsp3) is 0.238. The number of carbonyl (C=O) groups is 2. The zero-order chi connectivity index (χ0) is 22.5. The Balaban J connectivity index is 1.60. The summed E-state index contributed by atoms with van der Waals surface area (Å²) in [6.45, 7) is 3.72. The lowest BCUT2D eigenvalue weighted by Gasteiger charge is -2.14. The maximum absolute atomic E-state index is 12.6. The molecule has 0 bridgehead atoms. The summed E-state index contributed by atoms with van der Waals surface area (Å²) >= 11 is 13.2. The molecule has 10 heteroatoms. The molecule has 3 aromatic rings. The maximum Gasteiger partial charge on any atom is 0.252 e. The summed E-state index contributed by atoms with van der Waals surface area (Å²) in [6, 6.07) is 11.9. The van der Waals surface area contributed by atoms with Crippen LogP contribution in [0.1, 0.15) is 34.7 Å². The number of thioether (sulfide) groups is 1. The van der Waals surface area contributed by atoms with Crippen LogP contribution in [0, 0.1) is 6.92 Å². The number of halogens is 2. The number of benzene rings is 2. The van der Waals surface area contributed by atoms with Crippen molar-refractivity contribution in [1.82, 2.24) is 20.1 Å². The second kappa shape index (κ2) is 10.2. The fourth-order valence-corrected chi connectivity index (χ4v) is 3.96. The molecule has 0 unspecified atom stereocenters. The fourth-order valence-electron chi connectivity index (χ4n) is 2.91. The molecule has 7 nitrogen and oxygen atoms in total. The molecule has 1 heterocycles. The highest BCUT2D eigenvalue weighted by Gasteiger charge is 2.19. The second-order valence-corrected chi connectivity index (χ2v) is 8.66. The van der Waals surface area contributed by atoms with Crippen molar-refractivity contribution in [3.05, 3.63) is 69.5 Å². The smallest absolute Gasteiger partial charge is 0.252 e. The molecule has 1 atom stereocenters. The van der Waals surface area contributed by atoms with Gasteiger partial charge in [-0.15, -0.1) is 10.2 Å². The minimum Gasteiger partial charge on any atom is -0.342 e. The largest absolute Gasteiger partial charge is 0.342 e. The lowest BCUT2D eigenvalue weighted by atomic mass is 10.1. The summed E-state index contributed by atoms with van der Waals surface area (Å²) in [5, 5.41) is 15.4. The molecule has 0 saturated carbocycles. The van der Waals surface area contributed by atoms with Crippen LogP contribution in [0.15, 0.2) is 47.6 Å². The molecule has 1 aromatic heterocycles. The van der Waals surface area contributed by atoms with E-state index in [0.29, 0.717) is 32.3 Å². The van der Waals surface area contributed by atoms with E-state index < -0.39 is 0 Å². The Morgan fingerprint density at radius 1 is 1.16 bits per heavy atom. The molecule has 0 aliphatic rings. The van der Waals surface area contributed by atoms with Gasteiger partial charge in [0.25, 0.3) is 5.91 Å². The Morgan fingerprint density at radius 3 is 2.65 bits per heavy atom. The van der Waals surface area contributed by atoms with Crippen LogP contribution < -0.4 is 10.6 Å². The van der Waals surface area contributed by atoms with Gasteiger partial charge in [0.1, 0.15) is 0 Å². The van der Waals surface area contributed by atoms with Crippen LogP contribution in [0.2, 0.25) is 10.0 Å². The first-order valence-corrected chi connectivity index (χ1v) is 11.1. The predicted octanol–water partition coefficient (Wildman–Crippen LogP) is 4.65. The van der Waals surface area contributed by atoms with Crippen molar-refractivity contribution in [2.45, 2.75) is 25.0 Å². The van der Waals surface area contributed by atoms with Crippen LogP contribution in [0.3, 0.4) is 0 Å². The Morgan fingerprint density at radius 2 is 1.90 bits per heavy atom. The van der Waals surface area contributed by atoms with Crippen molar-refractivity contribution in [1.29, 1.82) is 0 Å². The van der Waals surface area contributed by atoms with Gasteiger partial charge in [-0.25, -0.2) is 0 Å². The van der Waals surface area contributed by atoms with Gasteiger partial charge in [0.15, 0.2) is 11.0 Å². The number of aryl methyl sites for hydroxylation is 1. The lowest BCUT2D eigenvalue weighted by Crippen LogP contribution is -2.29. The van der Waals surface area contributed by atoms with Crippen LogP contribution in [0.4, 0.5) is 5.69 Å². The molecular formula is C21H21Cl2N5O2S.